The molecular weight excluding hydrogens is 238 g/mol. The molecule has 0 fully saturated rings. The van der Waals surface area contributed by atoms with Crippen LogP contribution < -0.4 is 0 Å². The Morgan fingerprint density at radius 3 is 2.55 bits per heavy atom. The number of hydrogen-bond donors (Lipinski definition) is 0. The van der Waals surface area contributed by atoms with Gasteiger partial charge in [0.05, 0.1) is 4.88 Å². The minimum atomic E-state index is -2.52. The van der Waals surface area contributed by atoms with Crippen LogP contribution in [0.15, 0.2) is 0 Å². The Balaban J connectivity index is 2.96. The van der Waals surface area contributed by atoms with Crippen LogP contribution >= 0.6 is 27.5 Å². The van der Waals surface area contributed by atoms with Gasteiger partial charge >= 0.3 is 0 Å². The molecule has 0 amide bonds. The number of rotatable bonds is 2. The third kappa shape index (κ3) is 1.93. The summed E-state index contributed by atoms with van der Waals surface area (Å²) in [5.41, 5.74) is -0.209. The van der Waals surface area contributed by atoms with E-state index in [1.54, 1.807) is 6.92 Å². The molecule has 1 unspecified atom stereocenters. The monoisotopic (exact) mass is 242 g/mol. The quantitative estimate of drug-likeness (QED) is 0.746. The molecule has 0 N–H and O–H groups in total. The van der Waals surface area contributed by atoms with Gasteiger partial charge < -0.3 is 0 Å². The lowest BCUT2D eigenvalue weighted by Crippen LogP contribution is -1.90. The van der Waals surface area contributed by atoms with Crippen LogP contribution in [0.3, 0.4) is 0 Å². The van der Waals surface area contributed by atoms with E-state index < -0.39 is 6.43 Å². The van der Waals surface area contributed by atoms with Crippen molar-refractivity contribution in [2.75, 3.05) is 0 Å². The van der Waals surface area contributed by atoms with Crippen molar-refractivity contribution in [3.05, 3.63) is 10.6 Å². The molecule has 0 bridgehead atoms. The summed E-state index contributed by atoms with van der Waals surface area (Å²) < 4.78 is 27.7. The Morgan fingerprint density at radius 2 is 2.18 bits per heavy atom. The molecule has 0 aliphatic heterocycles. The van der Waals surface area contributed by atoms with Gasteiger partial charge in [0.2, 0.25) is 0 Å². The average molecular weight is 243 g/mol. The smallest absolute Gasteiger partial charge is 0.203 e. The van der Waals surface area contributed by atoms with Gasteiger partial charge in [0.15, 0.2) is 0 Å². The molecule has 1 aromatic heterocycles. The first-order valence-corrected chi connectivity index (χ1v) is 4.56. The van der Waals surface area contributed by atoms with Crippen molar-refractivity contribution in [2.24, 2.45) is 0 Å². The largest absolute Gasteiger partial charge is 0.283 e. The van der Waals surface area contributed by atoms with Gasteiger partial charge in [-0.25, -0.2) is 8.78 Å². The number of aromatic nitrogens is 2. The van der Waals surface area contributed by atoms with Crippen LogP contribution in [0.5, 0.6) is 0 Å². The van der Waals surface area contributed by atoms with E-state index in [1.165, 1.54) is 0 Å². The zero-order valence-corrected chi connectivity index (χ0v) is 7.99. The van der Waals surface area contributed by atoms with Gasteiger partial charge in [0, 0.05) is 4.83 Å². The minimum absolute atomic E-state index is 0.105. The van der Waals surface area contributed by atoms with Crippen LogP contribution in [0.2, 0.25) is 0 Å². The minimum Gasteiger partial charge on any atom is -0.203 e. The molecule has 1 aromatic rings. The molecular formula is C5H5BrF2N2S. The van der Waals surface area contributed by atoms with Crippen molar-refractivity contribution < 1.29 is 8.78 Å². The lowest BCUT2D eigenvalue weighted by atomic mass is 10.3. The van der Waals surface area contributed by atoms with E-state index in [0.717, 1.165) is 11.5 Å². The van der Waals surface area contributed by atoms with Crippen LogP contribution in [-0.4, -0.2) is 9.59 Å². The van der Waals surface area contributed by atoms with Crippen molar-refractivity contribution in [1.29, 1.82) is 0 Å². The highest BCUT2D eigenvalue weighted by molar-refractivity contribution is 9.09. The van der Waals surface area contributed by atoms with E-state index in [0.29, 0.717) is 4.88 Å². The van der Waals surface area contributed by atoms with E-state index in [1.807, 2.05) is 0 Å². The molecule has 1 rings (SSSR count). The van der Waals surface area contributed by atoms with E-state index >= 15 is 0 Å². The molecule has 0 aliphatic rings. The first-order valence-electron chi connectivity index (χ1n) is 2.87. The summed E-state index contributed by atoms with van der Waals surface area (Å²) in [4.78, 5) is 0.395. The Labute approximate surface area is 74.9 Å². The second-order valence-electron chi connectivity index (χ2n) is 1.94. The molecule has 0 saturated carbocycles. The zero-order valence-electron chi connectivity index (χ0n) is 5.59. The van der Waals surface area contributed by atoms with Crippen LogP contribution in [-0.2, 0) is 0 Å². The van der Waals surface area contributed by atoms with Gasteiger partial charge in [-0.3, -0.25) is 0 Å². The standard InChI is InChI=1S/C5H5BrF2N2S/c1-2(6)4-3(5(7)8)9-10-11-4/h2,5H,1H3. The average Bonchev–Trinajstić information content (AvgIpc) is 2.32. The topological polar surface area (TPSA) is 25.8 Å². The zero-order chi connectivity index (χ0) is 8.43. The molecule has 0 spiro atoms. The molecule has 6 heteroatoms. The first-order chi connectivity index (χ1) is 5.13. The second kappa shape index (κ2) is 3.53. The van der Waals surface area contributed by atoms with Gasteiger partial charge in [-0.05, 0) is 18.5 Å². The lowest BCUT2D eigenvalue weighted by molar-refractivity contribution is 0.145. The van der Waals surface area contributed by atoms with Gasteiger partial charge in [-0.2, -0.15) is 0 Å². The van der Waals surface area contributed by atoms with Crippen LogP contribution in [0, 0.1) is 0 Å². The summed E-state index contributed by atoms with van der Waals surface area (Å²) in [5.74, 6) is 0. The molecule has 1 atom stereocenters. The van der Waals surface area contributed by atoms with Crippen molar-refractivity contribution in [1.82, 2.24) is 9.59 Å². The predicted octanol–water partition coefficient (Wildman–Crippen LogP) is 2.93. The highest BCUT2D eigenvalue weighted by atomic mass is 79.9. The number of hydrogen-bond acceptors (Lipinski definition) is 3. The van der Waals surface area contributed by atoms with Gasteiger partial charge in [-0.1, -0.05) is 20.4 Å². The van der Waals surface area contributed by atoms with Crippen molar-refractivity contribution in [3.8, 4) is 0 Å². The fourth-order valence-corrected chi connectivity index (χ4v) is 1.70. The Kier molecular flexibility index (Phi) is 2.89. The summed E-state index contributed by atoms with van der Waals surface area (Å²) in [6, 6.07) is 0. The van der Waals surface area contributed by atoms with Crippen LogP contribution in [0.25, 0.3) is 0 Å². The first kappa shape index (κ1) is 8.99. The molecule has 62 valence electrons. The summed E-state index contributed by atoms with van der Waals surface area (Å²) in [6.45, 7) is 1.76. The SMILES string of the molecule is CC(Br)c1snnc1C(F)F. The Hall–Kier alpha value is -0.100. The highest BCUT2D eigenvalue weighted by Gasteiger charge is 2.20. The molecule has 11 heavy (non-hydrogen) atoms. The summed E-state index contributed by atoms with van der Waals surface area (Å²) in [6.07, 6.45) is -2.52. The maximum absolute atomic E-state index is 12.1. The third-order valence-corrected chi connectivity index (χ3v) is 2.79. The summed E-state index contributed by atoms with van der Waals surface area (Å²) in [5, 5.41) is 3.33. The van der Waals surface area contributed by atoms with E-state index in [-0.39, 0.29) is 10.5 Å². The molecule has 2 nitrogen and oxygen atoms in total. The molecule has 0 saturated heterocycles. The number of halogens is 3. The third-order valence-electron chi connectivity index (χ3n) is 1.11. The van der Waals surface area contributed by atoms with Crippen LogP contribution in [0.1, 0.15) is 28.7 Å². The van der Waals surface area contributed by atoms with E-state index in [9.17, 15) is 8.78 Å². The van der Waals surface area contributed by atoms with Crippen molar-refractivity contribution in [2.45, 2.75) is 18.2 Å². The van der Waals surface area contributed by atoms with Gasteiger partial charge in [0.25, 0.3) is 6.43 Å². The summed E-state index contributed by atoms with van der Waals surface area (Å²) in [7, 11) is 0. The molecule has 0 aliphatic carbocycles. The normalized spacial score (nSPS) is 13.9. The summed E-state index contributed by atoms with van der Waals surface area (Å²) >= 11 is 4.18. The Morgan fingerprint density at radius 1 is 1.55 bits per heavy atom. The molecule has 0 radical (unpaired) electrons. The molecule has 1 heterocycles. The fourth-order valence-electron chi connectivity index (χ4n) is 0.632. The predicted molar refractivity (Wildman–Crippen MR) is 42.2 cm³/mol. The fraction of sp³-hybridized carbons (Fsp3) is 0.600. The lowest BCUT2D eigenvalue weighted by Gasteiger charge is -1.99. The number of nitrogens with zero attached hydrogens (tertiary/aromatic N) is 2. The Bertz CT molecular complexity index is 216. The molecule has 0 aromatic carbocycles. The van der Waals surface area contributed by atoms with Crippen molar-refractivity contribution in [3.63, 3.8) is 0 Å². The van der Waals surface area contributed by atoms with Crippen molar-refractivity contribution >= 4 is 27.5 Å². The van der Waals surface area contributed by atoms with E-state index in [2.05, 4.69) is 25.5 Å². The van der Waals surface area contributed by atoms with Gasteiger partial charge in [0.1, 0.15) is 5.69 Å². The number of alkyl halides is 3. The highest BCUT2D eigenvalue weighted by Crippen LogP contribution is 2.32. The van der Waals surface area contributed by atoms with E-state index in [4.69, 9.17) is 0 Å². The maximum Gasteiger partial charge on any atom is 0.283 e. The second-order valence-corrected chi connectivity index (χ2v) is 4.10. The van der Waals surface area contributed by atoms with Gasteiger partial charge in [-0.15, -0.1) is 5.10 Å². The van der Waals surface area contributed by atoms with Crippen LogP contribution in [0.4, 0.5) is 8.78 Å². The maximum atomic E-state index is 12.1.